The molecule has 1 aromatic rings. The zero-order chi connectivity index (χ0) is 11.5. The van der Waals surface area contributed by atoms with Crippen molar-refractivity contribution in [3.05, 3.63) is 20.8 Å². The molecule has 0 saturated carbocycles. The van der Waals surface area contributed by atoms with Crippen LogP contribution in [0.15, 0.2) is 15.9 Å². The molecule has 1 fully saturated rings. The third-order valence-electron chi connectivity index (χ3n) is 2.87. The van der Waals surface area contributed by atoms with Gasteiger partial charge in [-0.3, -0.25) is 4.79 Å². The number of halogens is 1. The maximum absolute atomic E-state index is 11.9. The average Bonchev–Trinajstić information content (AvgIpc) is 2.84. The summed E-state index contributed by atoms with van der Waals surface area (Å²) >= 11 is 5.05. The Kier molecular flexibility index (Phi) is 4.00. The molecule has 1 amide bonds. The minimum atomic E-state index is -0.0107. The first kappa shape index (κ1) is 12.1. The Hall–Kier alpha value is -0.390. The molecule has 0 aliphatic carbocycles. The number of rotatable bonds is 3. The molecule has 2 unspecified atom stereocenters. The fraction of sp³-hybridized carbons (Fsp3) is 0.545. The molecule has 1 aromatic heterocycles. The van der Waals surface area contributed by atoms with E-state index in [2.05, 4.69) is 33.5 Å². The van der Waals surface area contributed by atoms with Crippen LogP contribution in [0.3, 0.4) is 0 Å². The number of hydrogen-bond acceptors (Lipinski definition) is 3. The van der Waals surface area contributed by atoms with Gasteiger partial charge in [-0.25, -0.2) is 0 Å². The summed E-state index contributed by atoms with van der Waals surface area (Å²) in [7, 11) is 0. The first-order valence-corrected chi connectivity index (χ1v) is 7.08. The zero-order valence-corrected chi connectivity index (χ0v) is 11.5. The van der Waals surface area contributed by atoms with Crippen molar-refractivity contribution in [1.82, 2.24) is 10.6 Å². The highest BCUT2D eigenvalue weighted by Gasteiger charge is 2.28. The van der Waals surface area contributed by atoms with Gasteiger partial charge in [-0.05, 0) is 40.9 Å². The van der Waals surface area contributed by atoms with Crippen molar-refractivity contribution in [2.75, 3.05) is 6.54 Å². The van der Waals surface area contributed by atoms with Gasteiger partial charge >= 0.3 is 0 Å². The van der Waals surface area contributed by atoms with E-state index < -0.39 is 0 Å². The summed E-state index contributed by atoms with van der Waals surface area (Å²) in [5.74, 6) is 0.560. The van der Waals surface area contributed by atoms with E-state index in [0.717, 1.165) is 17.4 Å². The Bertz CT molecular complexity index is 380. The quantitative estimate of drug-likeness (QED) is 0.898. The van der Waals surface area contributed by atoms with Crippen molar-refractivity contribution >= 4 is 33.2 Å². The van der Waals surface area contributed by atoms with Gasteiger partial charge < -0.3 is 10.6 Å². The van der Waals surface area contributed by atoms with Gasteiger partial charge in [0, 0.05) is 14.7 Å². The predicted octanol–water partition coefficient (Wildman–Crippen LogP) is 2.12. The van der Waals surface area contributed by atoms with Crippen molar-refractivity contribution in [3.8, 4) is 0 Å². The molecular formula is C11H15BrN2OS. The second-order valence-corrected chi connectivity index (χ2v) is 6.06. The molecule has 0 spiro atoms. The Morgan fingerprint density at radius 3 is 3.12 bits per heavy atom. The molecule has 1 aliphatic heterocycles. The summed E-state index contributed by atoms with van der Waals surface area (Å²) in [5.41, 5.74) is 0. The van der Waals surface area contributed by atoms with Gasteiger partial charge in [0.1, 0.15) is 0 Å². The first-order chi connectivity index (χ1) is 7.66. The molecule has 0 bridgehead atoms. The smallest absolute Gasteiger partial charge is 0.237 e. The maximum atomic E-state index is 11.9. The van der Waals surface area contributed by atoms with Crippen LogP contribution in [-0.4, -0.2) is 18.5 Å². The van der Waals surface area contributed by atoms with Crippen molar-refractivity contribution < 1.29 is 4.79 Å². The Morgan fingerprint density at radius 1 is 1.75 bits per heavy atom. The molecule has 3 nitrogen and oxygen atoms in total. The van der Waals surface area contributed by atoms with E-state index in [9.17, 15) is 4.79 Å². The molecule has 2 N–H and O–H groups in total. The van der Waals surface area contributed by atoms with Gasteiger partial charge in [0.05, 0.1) is 12.6 Å². The van der Waals surface area contributed by atoms with Crippen LogP contribution in [0.25, 0.3) is 0 Å². The van der Waals surface area contributed by atoms with E-state index in [1.54, 1.807) is 11.3 Å². The van der Waals surface area contributed by atoms with Crippen LogP contribution in [0.1, 0.15) is 18.2 Å². The largest absolute Gasteiger partial charge is 0.350 e. The van der Waals surface area contributed by atoms with Gasteiger partial charge in [-0.2, -0.15) is 0 Å². The lowest BCUT2D eigenvalue weighted by atomic mass is 10.0. The molecule has 2 heterocycles. The second kappa shape index (κ2) is 5.29. The standard InChI is InChI=1S/C11H15BrN2OS/c1-7-2-3-13-10(7)11(15)14-5-9-4-8(12)6-16-9/h4,6-7,10,13H,2-3,5H2,1H3,(H,14,15). The lowest BCUT2D eigenvalue weighted by molar-refractivity contribution is -0.123. The minimum Gasteiger partial charge on any atom is -0.350 e. The van der Waals surface area contributed by atoms with Crippen LogP contribution in [0.4, 0.5) is 0 Å². The van der Waals surface area contributed by atoms with Crippen LogP contribution in [0, 0.1) is 5.92 Å². The van der Waals surface area contributed by atoms with E-state index in [4.69, 9.17) is 0 Å². The Balaban J connectivity index is 1.83. The number of hydrogen-bond donors (Lipinski definition) is 2. The monoisotopic (exact) mass is 302 g/mol. The van der Waals surface area contributed by atoms with E-state index in [1.165, 1.54) is 4.88 Å². The molecule has 1 aliphatic rings. The van der Waals surface area contributed by atoms with Crippen LogP contribution in [0.2, 0.25) is 0 Å². The van der Waals surface area contributed by atoms with Gasteiger partial charge in [0.15, 0.2) is 0 Å². The first-order valence-electron chi connectivity index (χ1n) is 5.41. The molecule has 88 valence electrons. The number of carbonyl (C=O) groups is 1. The van der Waals surface area contributed by atoms with Gasteiger partial charge in [0.2, 0.25) is 5.91 Å². The minimum absolute atomic E-state index is 0.0107. The van der Waals surface area contributed by atoms with Crippen LogP contribution < -0.4 is 10.6 Å². The van der Waals surface area contributed by atoms with Gasteiger partial charge in [-0.15, -0.1) is 11.3 Å². The Morgan fingerprint density at radius 2 is 2.56 bits per heavy atom. The maximum Gasteiger partial charge on any atom is 0.237 e. The summed E-state index contributed by atoms with van der Waals surface area (Å²) in [5, 5.41) is 8.23. The lowest BCUT2D eigenvalue weighted by Gasteiger charge is -2.14. The van der Waals surface area contributed by atoms with Crippen molar-refractivity contribution in [2.24, 2.45) is 5.92 Å². The van der Waals surface area contributed by atoms with Crippen LogP contribution in [0.5, 0.6) is 0 Å². The van der Waals surface area contributed by atoms with E-state index in [-0.39, 0.29) is 11.9 Å². The summed E-state index contributed by atoms with van der Waals surface area (Å²) in [6.45, 7) is 3.69. The average molecular weight is 303 g/mol. The number of carbonyl (C=O) groups excluding carboxylic acids is 1. The lowest BCUT2D eigenvalue weighted by Crippen LogP contribution is -2.42. The van der Waals surface area contributed by atoms with Gasteiger partial charge in [0.25, 0.3) is 0 Å². The SMILES string of the molecule is CC1CCNC1C(=O)NCc1cc(Br)cs1. The highest BCUT2D eigenvalue weighted by Crippen LogP contribution is 2.20. The Labute approximate surface area is 108 Å². The zero-order valence-electron chi connectivity index (χ0n) is 9.13. The van der Waals surface area contributed by atoms with Crippen molar-refractivity contribution in [2.45, 2.75) is 25.9 Å². The van der Waals surface area contributed by atoms with Crippen LogP contribution >= 0.6 is 27.3 Å². The molecule has 16 heavy (non-hydrogen) atoms. The van der Waals surface area contributed by atoms with Crippen molar-refractivity contribution in [3.63, 3.8) is 0 Å². The third kappa shape index (κ3) is 2.84. The topological polar surface area (TPSA) is 41.1 Å². The second-order valence-electron chi connectivity index (χ2n) is 4.15. The van der Waals surface area contributed by atoms with E-state index in [0.29, 0.717) is 12.5 Å². The highest BCUT2D eigenvalue weighted by molar-refractivity contribution is 9.10. The molecule has 2 rings (SSSR count). The highest BCUT2D eigenvalue weighted by atomic mass is 79.9. The van der Waals surface area contributed by atoms with Crippen molar-refractivity contribution in [1.29, 1.82) is 0 Å². The number of amides is 1. The fourth-order valence-electron chi connectivity index (χ4n) is 1.92. The van der Waals surface area contributed by atoms with Crippen LogP contribution in [-0.2, 0) is 11.3 Å². The predicted molar refractivity (Wildman–Crippen MR) is 69.4 cm³/mol. The number of thiophene rings is 1. The molecule has 0 radical (unpaired) electrons. The fourth-order valence-corrected chi connectivity index (χ4v) is 3.31. The van der Waals surface area contributed by atoms with Gasteiger partial charge in [-0.1, -0.05) is 6.92 Å². The summed E-state index contributed by atoms with van der Waals surface area (Å²) in [6, 6.07) is 2.03. The molecule has 1 saturated heterocycles. The summed E-state index contributed by atoms with van der Waals surface area (Å²) in [4.78, 5) is 13.0. The summed E-state index contributed by atoms with van der Waals surface area (Å²) < 4.78 is 1.08. The normalized spacial score (nSPS) is 24.6. The molecule has 5 heteroatoms. The van der Waals surface area contributed by atoms with E-state index >= 15 is 0 Å². The molecule has 2 atom stereocenters. The molecule has 0 aromatic carbocycles. The third-order valence-corrected chi connectivity index (χ3v) is 4.57. The number of nitrogens with one attached hydrogen (secondary N) is 2. The summed E-state index contributed by atoms with van der Waals surface area (Å²) in [6.07, 6.45) is 1.09. The molecular weight excluding hydrogens is 288 g/mol. The van der Waals surface area contributed by atoms with E-state index in [1.807, 2.05) is 11.4 Å².